The zero-order chi connectivity index (χ0) is 10.6. The van der Waals surface area contributed by atoms with Gasteiger partial charge in [-0.25, -0.2) is 8.42 Å². The van der Waals surface area contributed by atoms with Gasteiger partial charge in [0.2, 0.25) is 0 Å². The smallest absolute Gasteiger partial charge is 0.148 e. The number of nitrogens with one attached hydrogen (secondary N) is 2. The molecule has 2 N–H and O–H groups in total. The average Bonchev–Trinajstić information content (AvgIpc) is 2.49. The third-order valence-corrected chi connectivity index (χ3v) is 3.53. The van der Waals surface area contributed by atoms with Gasteiger partial charge in [-0.3, -0.25) is 0 Å². The highest BCUT2D eigenvalue weighted by Gasteiger charge is 2.16. The number of hydrogen-bond donors (Lipinski definition) is 2. The van der Waals surface area contributed by atoms with E-state index in [9.17, 15) is 8.42 Å². The quantitative estimate of drug-likeness (QED) is 0.671. The molecule has 0 aromatic carbocycles. The van der Waals surface area contributed by atoms with Gasteiger partial charge in [-0.2, -0.15) is 0 Å². The third kappa shape index (κ3) is 4.93. The lowest BCUT2D eigenvalue weighted by atomic mass is 10.2. The van der Waals surface area contributed by atoms with E-state index in [2.05, 4.69) is 10.6 Å². The molecule has 0 aromatic heterocycles. The molecule has 0 spiro atoms. The van der Waals surface area contributed by atoms with Crippen LogP contribution in [0.3, 0.4) is 0 Å². The second-order valence-electron chi connectivity index (χ2n) is 4.19. The Balaban J connectivity index is 2.17. The first-order valence-corrected chi connectivity index (χ1v) is 7.18. The molecule has 4 nitrogen and oxygen atoms in total. The standard InChI is InChI=1S/C9H20N2O2S/c1-8(7-14(2,12)13)11-6-9-4-3-5-10-9/h8-11H,3-7H2,1-2H3. The van der Waals surface area contributed by atoms with Crippen LogP contribution in [0.5, 0.6) is 0 Å². The highest BCUT2D eigenvalue weighted by Crippen LogP contribution is 2.03. The van der Waals surface area contributed by atoms with E-state index in [-0.39, 0.29) is 11.8 Å². The lowest BCUT2D eigenvalue weighted by Crippen LogP contribution is -2.41. The van der Waals surface area contributed by atoms with Gasteiger partial charge >= 0.3 is 0 Å². The van der Waals surface area contributed by atoms with Crippen molar-refractivity contribution in [2.45, 2.75) is 31.8 Å². The molecule has 0 saturated carbocycles. The Morgan fingerprint density at radius 3 is 2.79 bits per heavy atom. The van der Waals surface area contributed by atoms with Gasteiger partial charge in [0.15, 0.2) is 0 Å². The largest absolute Gasteiger partial charge is 0.313 e. The summed E-state index contributed by atoms with van der Waals surface area (Å²) in [6.45, 7) is 3.87. The van der Waals surface area contributed by atoms with Crippen LogP contribution in [0.2, 0.25) is 0 Å². The summed E-state index contributed by atoms with van der Waals surface area (Å²) in [5, 5.41) is 6.60. The van der Waals surface area contributed by atoms with Crippen LogP contribution in [0, 0.1) is 0 Å². The van der Waals surface area contributed by atoms with Crippen LogP contribution in [-0.2, 0) is 9.84 Å². The van der Waals surface area contributed by atoms with Crippen molar-refractivity contribution in [3.8, 4) is 0 Å². The lowest BCUT2D eigenvalue weighted by molar-refractivity contribution is 0.494. The molecule has 0 aliphatic carbocycles. The van der Waals surface area contributed by atoms with Gasteiger partial charge < -0.3 is 10.6 Å². The normalized spacial score (nSPS) is 25.1. The Hall–Kier alpha value is -0.130. The molecule has 1 aliphatic heterocycles. The Morgan fingerprint density at radius 2 is 2.29 bits per heavy atom. The maximum absolute atomic E-state index is 11.0. The van der Waals surface area contributed by atoms with E-state index in [1.165, 1.54) is 19.1 Å². The molecule has 1 aliphatic rings. The van der Waals surface area contributed by atoms with Gasteiger partial charge in [-0.1, -0.05) is 0 Å². The molecule has 2 atom stereocenters. The van der Waals surface area contributed by atoms with Crippen molar-refractivity contribution in [1.82, 2.24) is 10.6 Å². The predicted molar refractivity (Wildman–Crippen MR) is 58.2 cm³/mol. The van der Waals surface area contributed by atoms with Crippen molar-refractivity contribution in [2.75, 3.05) is 25.1 Å². The summed E-state index contributed by atoms with van der Waals surface area (Å²) >= 11 is 0. The molecule has 1 saturated heterocycles. The first kappa shape index (κ1) is 11.9. The molecular weight excluding hydrogens is 200 g/mol. The van der Waals surface area contributed by atoms with Crippen LogP contribution in [0.15, 0.2) is 0 Å². The molecule has 14 heavy (non-hydrogen) atoms. The summed E-state index contributed by atoms with van der Waals surface area (Å²) in [5.74, 6) is 0.222. The summed E-state index contributed by atoms with van der Waals surface area (Å²) in [5.41, 5.74) is 0. The molecule has 0 amide bonds. The molecule has 1 rings (SSSR count). The van der Waals surface area contributed by atoms with E-state index in [0.717, 1.165) is 13.1 Å². The van der Waals surface area contributed by atoms with Crippen molar-refractivity contribution < 1.29 is 8.42 Å². The zero-order valence-electron chi connectivity index (χ0n) is 8.91. The summed E-state index contributed by atoms with van der Waals surface area (Å²) in [6.07, 6.45) is 3.70. The zero-order valence-corrected chi connectivity index (χ0v) is 9.73. The molecule has 0 bridgehead atoms. The van der Waals surface area contributed by atoms with E-state index in [4.69, 9.17) is 0 Å². The van der Waals surface area contributed by atoms with Crippen molar-refractivity contribution in [3.05, 3.63) is 0 Å². The first-order valence-electron chi connectivity index (χ1n) is 5.12. The summed E-state index contributed by atoms with van der Waals surface area (Å²) < 4.78 is 22.0. The summed E-state index contributed by atoms with van der Waals surface area (Å²) in [6, 6.07) is 0.574. The van der Waals surface area contributed by atoms with Crippen molar-refractivity contribution >= 4 is 9.84 Å². The molecule has 5 heteroatoms. The van der Waals surface area contributed by atoms with Crippen molar-refractivity contribution in [3.63, 3.8) is 0 Å². The molecule has 0 aromatic rings. The van der Waals surface area contributed by atoms with Crippen LogP contribution in [0.25, 0.3) is 0 Å². The number of hydrogen-bond acceptors (Lipinski definition) is 4. The van der Waals surface area contributed by atoms with Gasteiger partial charge in [0, 0.05) is 24.9 Å². The molecule has 84 valence electrons. The minimum Gasteiger partial charge on any atom is -0.313 e. The number of sulfone groups is 1. The maximum atomic E-state index is 11.0. The van der Waals surface area contributed by atoms with Crippen LogP contribution in [0.4, 0.5) is 0 Å². The third-order valence-electron chi connectivity index (χ3n) is 2.43. The predicted octanol–water partition coefficient (Wildman–Crippen LogP) is -0.239. The second kappa shape index (κ2) is 5.09. The molecule has 1 heterocycles. The fraction of sp³-hybridized carbons (Fsp3) is 1.00. The Kier molecular flexibility index (Phi) is 4.34. The van der Waals surface area contributed by atoms with Crippen LogP contribution in [-0.4, -0.2) is 45.6 Å². The highest BCUT2D eigenvalue weighted by molar-refractivity contribution is 7.90. The monoisotopic (exact) mass is 220 g/mol. The first-order chi connectivity index (χ1) is 6.47. The van der Waals surface area contributed by atoms with Crippen molar-refractivity contribution in [1.29, 1.82) is 0 Å². The van der Waals surface area contributed by atoms with Gasteiger partial charge in [-0.05, 0) is 26.3 Å². The fourth-order valence-electron chi connectivity index (χ4n) is 1.79. The molecule has 1 fully saturated rings. The minimum atomic E-state index is -2.85. The molecule has 0 radical (unpaired) electrons. The van der Waals surface area contributed by atoms with E-state index in [0.29, 0.717) is 6.04 Å². The fourth-order valence-corrected chi connectivity index (χ4v) is 2.81. The van der Waals surface area contributed by atoms with Crippen molar-refractivity contribution in [2.24, 2.45) is 0 Å². The highest BCUT2D eigenvalue weighted by atomic mass is 32.2. The summed E-state index contributed by atoms with van der Waals surface area (Å²) in [4.78, 5) is 0. The minimum absolute atomic E-state index is 0.0485. The van der Waals surface area contributed by atoms with E-state index in [1.807, 2.05) is 6.92 Å². The lowest BCUT2D eigenvalue weighted by Gasteiger charge is -2.16. The number of rotatable bonds is 5. The average molecular weight is 220 g/mol. The van der Waals surface area contributed by atoms with Crippen LogP contribution >= 0.6 is 0 Å². The Labute approximate surface area is 86.4 Å². The molecule has 2 unspecified atom stereocenters. The van der Waals surface area contributed by atoms with Crippen LogP contribution < -0.4 is 10.6 Å². The SMILES string of the molecule is CC(CS(C)(=O)=O)NCC1CCCN1. The summed E-state index contributed by atoms with van der Waals surface area (Å²) in [7, 11) is -2.85. The van der Waals surface area contributed by atoms with E-state index < -0.39 is 9.84 Å². The van der Waals surface area contributed by atoms with Gasteiger partial charge in [0.05, 0.1) is 5.75 Å². The van der Waals surface area contributed by atoms with Gasteiger partial charge in [-0.15, -0.1) is 0 Å². The van der Waals surface area contributed by atoms with E-state index in [1.54, 1.807) is 0 Å². The maximum Gasteiger partial charge on any atom is 0.148 e. The Morgan fingerprint density at radius 1 is 1.57 bits per heavy atom. The van der Waals surface area contributed by atoms with Crippen LogP contribution in [0.1, 0.15) is 19.8 Å². The van der Waals surface area contributed by atoms with Gasteiger partial charge in [0.25, 0.3) is 0 Å². The second-order valence-corrected chi connectivity index (χ2v) is 6.38. The molecular formula is C9H20N2O2S. The van der Waals surface area contributed by atoms with E-state index >= 15 is 0 Å². The Bertz CT molecular complexity index is 258. The van der Waals surface area contributed by atoms with Gasteiger partial charge in [0.1, 0.15) is 9.84 Å². The topological polar surface area (TPSA) is 58.2 Å².